The SMILES string of the molecule is CO[C@@H]1CCC[C@H]1n1cc(C)c2cccnc21. The van der Waals surface area contributed by atoms with Crippen molar-refractivity contribution in [2.24, 2.45) is 0 Å². The number of hydrogen-bond acceptors (Lipinski definition) is 2. The molecule has 1 fully saturated rings. The summed E-state index contributed by atoms with van der Waals surface area (Å²) in [5.41, 5.74) is 2.40. The van der Waals surface area contributed by atoms with Crippen LogP contribution in [0, 0.1) is 6.92 Å². The Balaban J connectivity index is 2.11. The molecule has 1 aliphatic carbocycles. The van der Waals surface area contributed by atoms with E-state index in [1.54, 1.807) is 0 Å². The maximum Gasteiger partial charge on any atom is 0.140 e. The summed E-state index contributed by atoms with van der Waals surface area (Å²) in [5, 5.41) is 1.26. The Hall–Kier alpha value is -1.35. The van der Waals surface area contributed by atoms with E-state index in [0.717, 1.165) is 12.1 Å². The van der Waals surface area contributed by atoms with Gasteiger partial charge in [-0.15, -0.1) is 0 Å². The number of pyridine rings is 1. The van der Waals surface area contributed by atoms with Gasteiger partial charge < -0.3 is 9.30 Å². The Morgan fingerprint density at radius 2 is 2.29 bits per heavy atom. The van der Waals surface area contributed by atoms with Gasteiger partial charge in [0.05, 0.1) is 12.1 Å². The number of hydrogen-bond donors (Lipinski definition) is 0. The number of aromatic nitrogens is 2. The van der Waals surface area contributed by atoms with E-state index in [1.165, 1.54) is 23.8 Å². The van der Waals surface area contributed by atoms with Crippen LogP contribution in [-0.2, 0) is 4.74 Å². The number of rotatable bonds is 2. The molecule has 0 amide bonds. The highest BCUT2D eigenvalue weighted by Crippen LogP contribution is 2.35. The van der Waals surface area contributed by atoms with Crippen LogP contribution in [0.2, 0.25) is 0 Å². The number of ether oxygens (including phenoxy) is 1. The minimum Gasteiger partial charge on any atom is -0.379 e. The van der Waals surface area contributed by atoms with Crippen molar-refractivity contribution >= 4 is 11.0 Å². The van der Waals surface area contributed by atoms with Gasteiger partial charge in [-0.2, -0.15) is 0 Å². The van der Waals surface area contributed by atoms with Crippen molar-refractivity contribution in [3.8, 4) is 0 Å². The summed E-state index contributed by atoms with van der Waals surface area (Å²) in [7, 11) is 1.81. The molecule has 0 saturated heterocycles. The molecule has 0 aromatic carbocycles. The van der Waals surface area contributed by atoms with Crippen LogP contribution >= 0.6 is 0 Å². The zero-order valence-corrected chi connectivity index (χ0v) is 10.4. The predicted molar refractivity (Wildman–Crippen MR) is 68.2 cm³/mol. The van der Waals surface area contributed by atoms with Crippen molar-refractivity contribution in [1.82, 2.24) is 9.55 Å². The van der Waals surface area contributed by atoms with Gasteiger partial charge >= 0.3 is 0 Å². The van der Waals surface area contributed by atoms with Gasteiger partial charge in [-0.3, -0.25) is 0 Å². The van der Waals surface area contributed by atoms with Crippen molar-refractivity contribution in [2.75, 3.05) is 7.11 Å². The highest BCUT2D eigenvalue weighted by Gasteiger charge is 2.29. The van der Waals surface area contributed by atoms with Crippen LogP contribution in [0.25, 0.3) is 11.0 Å². The molecule has 90 valence electrons. The lowest BCUT2D eigenvalue weighted by Crippen LogP contribution is -2.20. The Kier molecular flexibility index (Phi) is 2.63. The zero-order chi connectivity index (χ0) is 11.8. The minimum absolute atomic E-state index is 0.340. The van der Waals surface area contributed by atoms with Crippen molar-refractivity contribution in [2.45, 2.75) is 38.3 Å². The van der Waals surface area contributed by atoms with Gasteiger partial charge in [-0.25, -0.2) is 4.98 Å². The zero-order valence-electron chi connectivity index (χ0n) is 10.4. The van der Waals surface area contributed by atoms with E-state index in [9.17, 15) is 0 Å². The summed E-state index contributed by atoms with van der Waals surface area (Å²) in [4.78, 5) is 4.52. The van der Waals surface area contributed by atoms with Crippen LogP contribution in [-0.4, -0.2) is 22.8 Å². The van der Waals surface area contributed by atoms with E-state index < -0.39 is 0 Å². The molecule has 3 rings (SSSR count). The third-order valence-corrected chi connectivity index (χ3v) is 3.87. The lowest BCUT2D eigenvalue weighted by molar-refractivity contribution is 0.0762. The molecular formula is C14H18N2O. The molecule has 0 bridgehead atoms. The minimum atomic E-state index is 0.340. The lowest BCUT2D eigenvalue weighted by Gasteiger charge is -2.20. The van der Waals surface area contributed by atoms with Gasteiger partial charge in [-0.1, -0.05) is 0 Å². The monoisotopic (exact) mass is 230 g/mol. The van der Waals surface area contributed by atoms with Crippen LogP contribution in [0.1, 0.15) is 30.9 Å². The smallest absolute Gasteiger partial charge is 0.140 e. The third kappa shape index (κ3) is 1.65. The molecule has 1 aliphatic rings. The molecule has 3 nitrogen and oxygen atoms in total. The molecule has 2 aromatic heterocycles. The second-order valence-corrected chi connectivity index (χ2v) is 4.87. The molecule has 0 N–H and O–H groups in total. The van der Waals surface area contributed by atoms with Gasteiger partial charge in [0, 0.05) is 24.9 Å². The molecule has 17 heavy (non-hydrogen) atoms. The van der Waals surface area contributed by atoms with Gasteiger partial charge in [0.2, 0.25) is 0 Å². The highest BCUT2D eigenvalue weighted by molar-refractivity contribution is 5.80. The fourth-order valence-corrected chi connectivity index (χ4v) is 3.00. The van der Waals surface area contributed by atoms with E-state index in [4.69, 9.17) is 4.74 Å². The first-order valence-corrected chi connectivity index (χ1v) is 6.26. The first-order chi connectivity index (χ1) is 8.31. The van der Waals surface area contributed by atoms with E-state index in [-0.39, 0.29) is 0 Å². The number of methoxy groups -OCH3 is 1. The maximum absolute atomic E-state index is 5.59. The largest absolute Gasteiger partial charge is 0.379 e. The predicted octanol–water partition coefficient (Wildman–Crippen LogP) is 3.08. The summed E-state index contributed by atoms with van der Waals surface area (Å²) in [5.74, 6) is 0. The molecule has 0 unspecified atom stereocenters. The molecule has 3 heteroatoms. The van der Waals surface area contributed by atoms with Crippen molar-refractivity contribution in [3.05, 3.63) is 30.1 Å². The third-order valence-electron chi connectivity index (χ3n) is 3.87. The lowest BCUT2D eigenvalue weighted by atomic mass is 10.2. The van der Waals surface area contributed by atoms with E-state index in [1.807, 2.05) is 19.4 Å². The van der Waals surface area contributed by atoms with E-state index >= 15 is 0 Å². The Labute approximate surface area is 101 Å². The summed E-state index contributed by atoms with van der Waals surface area (Å²) in [6, 6.07) is 4.60. The highest BCUT2D eigenvalue weighted by atomic mass is 16.5. The molecule has 2 aromatic rings. The van der Waals surface area contributed by atoms with Gasteiger partial charge in [0.1, 0.15) is 5.65 Å². The molecule has 1 saturated carbocycles. The maximum atomic E-state index is 5.59. The molecule has 0 spiro atoms. The van der Waals surface area contributed by atoms with Crippen LogP contribution in [0.15, 0.2) is 24.5 Å². The number of fused-ring (bicyclic) bond motifs is 1. The molecule has 2 atom stereocenters. The van der Waals surface area contributed by atoms with Gasteiger partial charge in [0.15, 0.2) is 0 Å². The van der Waals surface area contributed by atoms with Crippen molar-refractivity contribution < 1.29 is 4.74 Å². The quantitative estimate of drug-likeness (QED) is 0.792. The molecule has 2 heterocycles. The summed E-state index contributed by atoms with van der Waals surface area (Å²) in [6.07, 6.45) is 8.03. The van der Waals surface area contributed by atoms with Crippen LogP contribution < -0.4 is 0 Å². The fourth-order valence-electron chi connectivity index (χ4n) is 3.00. The van der Waals surface area contributed by atoms with Gasteiger partial charge in [0.25, 0.3) is 0 Å². The Morgan fingerprint density at radius 1 is 1.41 bits per heavy atom. The second-order valence-electron chi connectivity index (χ2n) is 4.87. The number of nitrogens with zero attached hydrogens (tertiary/aromatic N) is 2. The van der Waals surface area contributed by atoms with Crippen LogP contribution in [0.5, 0.6) is 0 Å². The molecule has 0 aliphatic heterocycles. The molecular weight excluding hydrogens is 212 g/mol. The average Bonchev–Trinajstić information content (AvgIpc) is 2.94. The van der Waals surface area contributed by atoms with Crippen LogP contribution in [0.4, 0.5) is 0 Å². The first kappa shape index (κ1) is 10.8. The number of aryl methyl sites for hydroxylation is 1. The topological polar surface area (TPSA) is 27.1 Å². The second kappa shape index (κ2) is 4.15. The standard InChI is InChI=1S/C14H18N2O/c1-10-9-16(12-6-3-7-13(12)17-2)14-11(10)5-4-8-15-14/h4-5,8-9,12-13H,3,6-7H2,1-2H3/t12-,13-/m1/s1. The van der Waals surface area contributed by atoms with E-state index in [2.05, 4.69) is 28.7 Å². The molecule has 0 radical (unpaired) electrons. The van der Waals surface area contributed by atoms with Crippen molar-refractivity contribution in [1.29, 1.82) is 0 Å². The Bertz CT molecular complexity index is 532. The van der Waals surface area contributed by atoms with Crippen molar-refractivity contribution in [3.63, 3.8) is 0 Å². The average molecular weight is 230 g/mol. The normalized spacial score (nSPS) is 24.6. The summed E-state index contributed by atoms with van der Waals surface area (Å²) in [6.45, 7) is 2.15. The van der Waals surface area contributed by atoms with E-state index in [0.29, 0.717) is 12.1 Å². The van der Waals surface area contributed by atoms with Crippen LogP contribution in [0.3, 0.4) is 0 Å². The van der Waals surface area contributed by atoms with Gasteiger partial charge in [-0.05, 0) is 43.9 Å². The summed E-state index contributed by atoms with van der Waals surface area (Å²) < 4.78 is 7.90. The first-order valence-electron chi connectivity index (χ1n) is 6.26. The fraction of sp³-hybridized carbons (Fsp3) is 0.500. The summed E-state index contributed by atoms with van der Waals surface area (Å²) >= 11 is 0. The Morgan fingerprint density at radius 3 is 3.12 bits per heavy atom.